The van der Waals surface area contributed by atoms with Crippen molar-refractivity contribution in [1.82, 2.24) is 0 Å². The lowest BCUT2D eigenvalue weighted by Gasteiger charge is -2.41. The van der Waals surface area contributed by atoms with E-state index in [2.05, 4.69) is 13.2 Å². The Labute approximate surface area is 833 Å². The fraction of sp³-hybridized carbons (Fsp3) is 0.188. The van der Waals surface area contributed by atoms with Crippen molar-refractivity contribution < 1.29 is 93.6 Å². The SMILES string of the molecule is C=C[Si](C)(OCc1ccc(OC)c(OC)c1[N+](=O)[O-])c1ccccc1.C=C[Si](OCc1ccccc1[N+](=O)[O-])(OCc1ccccc1[N+](=O)[O-])c1ccccc1.CC(C)(C)[Si](OCc1ccccc1[N+](=O)[O-])(OCc1ccccc1[N+](=O)[O-])c1ccccc1.C[Si](C)(OCc1ccccc1[N+](=O)[O-])OCc1ccccc1[N+](=O)[O-].C[Si](OCc1ccccc1[N+](=O)[O-])(OCc1ccccc1[N+](=O)[O-])c1ccccc1. The number of nitro groups is 9. The smallest absolute Gasteiger partial charge is 0.399 e. The van der Waals surface area contributed by atoms with Crippen LogP contribution in [0.25, 0.3) is 0 Å². The predicted octanol–water partition coefficient (Wildman–Crippen LogP) is 21.2. The number of methoxy groups -OCH3 is 2. The van der Waals surface area contributed by atoms with Gasteiger partial charge < -0.3 is 49.3 Å². The van der Waals surface area contributed by atoms with Crippen LogP contribution >= 0.6 is 0 Å². The fourth-order valence-electron chi connectivity index (χ4n) is 14.5. The molecule has 1 unspecified atom stereocenters. The van der Waals surface area contributed by atoms with Crippen LogP contribution in [0, 0.1) is 91.0 Å². The summed E-state index contributed by atoms with van der Waals surface area (Å²) >= 11 is 0. The quantitative estimate of drug-likeness (QED) is 0.0194. The van der Waals surface area contributed by atoms with Gasteiger partial charge in [-0.15, -0.1) is 13.2 Å². The highest BCUT2D eigenvalue weighted by Crippen LogP contribution is 2.43. The van der Waals surface area contributed by atoms with E-state index in [4.69, 9.17) is 49.3 Å². The zero-order chi connectivity index (χ0) is 105. The number of para-hydroxylation sites is 8. The molecular formula is C101H105N9O29Si5. The molecule has 0 bridgehead atoms. The Bertz CT molecular complexity index is 6380. The van der Waals surface area contributed by atoms with Gasteiger partial charge in [-0.25, -0.2) is 0 Å². The molecule has 43 heteroatoms. The monoisotopic (exact) mass is 2050 g/mol. The molecular weight excluding hydrogens is 1940 g/mol. The lowest BCUT2D eigenvalue weighted by molar-refractivity contribution is -0.386. The van der Waals surface area contributed by atoms with E-state index in [0.717, 1.165) is 20.7 Å². The van der Waals surface area contributed by atoms with Crippen LogP contribution in [0.4, 0.5) is 51.2 Å². The summed E-state index contributed by atoms with van der Waals surface area (Å²) in [6.45, 7) is 21.2. The minimum Gasteiger partial charge on any atom is -0.493 e. The molecule has 13 aromatic rings. The molecule has 0 aliphatic rings. The molecule has 38 nitrogen and oxygen atoms in total. The fourth-order valence-corrected chi connectivity index (χ4v) is 25.3. The van der Waals surface area contributed by atoms with E-state index in [9.17, 15) is 91.0 Å². The second kappa shape index (κ2) is 53.2. The average Bonchev–Trinajstić information content (AvgIpc) is 0.762. The van der Waals surface area contributed by atoms with Crippen LogP contribution in [0.1, 0.15) is 70.8 Å². The van der Waals surface area contributed by atoms with Crippen LogP contribution in [-0.4, -0.2) is 101 Å². The van der Waals surface area contributed by atoms with Crippen molar-refractivity contribution in [3.05, 3.63) is 493 Å². The Morgan fingerprint density at radius 3 is 0.757 bits per heavy atom. The highest BCUT2D eigenvalue weighted by atomic mass is 28.4. The summed E-state index contributed by atoms with van der Waals surface area (Å²) in [6, 6.07) is 91.9. The number of hydrogen-bond acceptors (Lipinski definition) is 29. The standard InChI is InChI=1S/C24H26N2O6Si.C22H20N2O6Si.C21H20N2O6Si.C18H21NO5Si.C16H18N2O6Si/c1-24(2,3)33(21-13-5-4-6-14-21,31-17-19-11-7-9-15-22(19)25(27)28)32-18-20-12-8-10-16-23(20)26(29)30;1-2-31(20-12-4-3-5-13-20,29-16-18-10-6-8-14-21(18)23(25)26)30-17-19-11-7-9-15-22(19)24(27)28;1-30(19-11-3-2-4-12-19,28-15-17-9-5-7-13-20(17)22(24)25)29-16-18-10-6-8-14-21(18)23(26)27;1-5-25(4,15-9-7-6-8-10-15)24-13-14-11-12-16(22-2)18(23-3)17(14)19(20)21;1-25(2,23-11-13-7-3-5-9-15(13)17(19)20)24-12-14-8-4-6-10-16(14)18(21)22/h4-16H,17-18H2,1-3H3;2-15H,1,16-17H2;2-14H,15-16H2,1H3;5-12H,1,13H2,2-4H3;3-10H,11-12H2,1-2H3. The summed E-state index contributed by atoms with van der Waals surface area (Å²) in [7, 11) is -11.9. The van der Waals surface area contributed by atoms with E-state index < -0.39 is 91.9 Å². The molecule has 144 heavy (non-hydrogen) atoms. The van der Waals surface area contributed by atoms with Crippen molar-refractivity contribution in [2.75, 3.05) is 14.2 Å². The lowest BCUT2D eigenvalue weighted by Crippen LogP contribution is -2.60. The van der Waals surface area contributed by atoms with Gasteiger partial charge in [0.25, 0.3) is 45.5 Å². The van der Waals surface area contributed by atoms with Gasteiger partial charge >= 0.3 is 39.9 Å². The molecule has 13 aromatic carbocycles. The Morgan fingerprint density at radius 2 is 0.500 bits per heavy atom. The molecule has 0 N–H and O–H groups in total. The van der Waals surface area contributed by atoms with Gasteiger partial charge in [-0.3, -0.25) is 91.0 Å². The molecule has 13 rings (SSSR count). The highest BCUT2D eigenvalue weighted by Gasteiger charge is 2.52. The van der Waals surface area contributed by atoms with Gasteiger partial charge in [0.2, 0.25) is 14.1 Å². The first kappa shape index (κ1) is 112. The molecule has 748 valence electrons. The van der Waals surface area contributed by atoms with Crippen molar-refractivity contribution in [2.24, 2.45) is 0 Å². The molecule has 0 aromatic heterocycles. The molecule has 0 saturated carbocycles. The van der Waals surface area contributed by atoms with Crippen LogP contribution in [0.15, 0.2) is 352 Å². The second-order valence-corrected chi connectivity index (χ2v) is 49.8. The maximum Gasteiger partial charge on any atom is 0.399 e. The Hall–Kier alpha value is -15.7. The minimum absolute atomic E-state index is 0.00828. The summed E-state index contributed by atoms with van der Waals surface area (Å²) in [6.07, 6.45) is 0. The number of hydrogen-bond donors (Lipinski definition) is 0. The zero-order valence-electron chi connectivity index (χ0n) is 80.0. The topological polar surface area (TPSA) is 490 Å². The maximum atomic E-state index is 11.5. The molecule has 0 aliphatic heterocycles. The highest BCUT2D eigenvalue weighted by molar-refractivity contribution is 6.89. The van der Waals surface area contributed by atoms with Crippen LogP contribution in [0.3, 0.4) is 0 Å². The van der Waals surface area contributed by atoms with Crippen molar-refractivity contribution in [1.29, 1.82) is 0 Å². The zero-order valence-corrected chi connectivity index (χ0v) is 85.0. The third-order valence-corrected chi connectivity index (χ3v) is 36.8. The van der Waals surface area contributed by atoms with Gasteiger partial charge in [-0.2, -0.15) is 0 Å². The normalized spacial score (nSPS) is 11.6. The van der Waals surface area contributed by atoms with E-state index in [1.165, 1.54) is 62.8 Å². The van der Waals surface area contributed by atoms with E-state index in [-0.39, 0.29) is 116 Å². The van der Waals surface area contributed by atoms with E-state index in [1.807, 2.05) is 161 Å². The molecule has 0 amide bonds. The first-order valence-electron chi connectivity index (χ1n) is 44.2. The van der Waals surface area contributed by atoms with E-state index in [0.29, 0.717) is 55.8 Å². The van der Waals surface area contributed by atoms with Crippen LogP contribution in [0.2, 0.25) is 31.2 Å². The Morgan fingerprint density at radius 1 is 0.257 bits per heavy atom. The van der Waals surface area contributed by atoms with E-state index in [1.54, 1.807) is 177 Å². The summed E-state index contributed by atoms with van der Waals surface area (Å²) in [5.41, 5.74) is 6.91. The Kier molecular flexibility index (Phi) is 41.3. The molecule has 0 aliphatic carbocycles. The van der Waals surface area contributed by atoms with Gasteiger partial charge in [-0.1, -0.05) is 245 Å². The summed E-state index contributed by atoms with van der Waals surface area (Å²) < 4.78 is 65.7. The summed E-state index contributed by atoms with van der Waals surface area (Å²) in [5, 5.41) is 105. The van der Waals surface area contributed by atoms with Crippen molar-refractivity contribution in [2.45, 2.75) is 111 Å². The van der Waals surface area contributed by atoms with Gasteiger partial charge in [0.15, 0.2) is 5.75 Å². The van der Waals surface area contributed by atoms with Gasteiger partial charge in [-0.05, 0) is 113 Å². The maximum absolute atomic E-state index is 11.5. The van der Waals surface area contributed by atoms with Gasteiger partial charge in [0, 0.05) is 53.6 Å². The third-order valence-electron chi connectivity index (χ3n) is 22.3. The number of nitrogens with zero attached hydrogens (tertiary/aromatic N) is 9. The van der Waals surface area contributed by atoms with Crippen LogP contribution in [-0.2, 0) is 99.3 Å². The molecule has 0 spiro atoms. The first-order chi connectivity index (χ1) is 68.8. The van der Waals surface area contributed by atoms with Crippen molar-refractivity contribution in [3.8, 4) is 11.5 Å². The van der Waals surface area contributed by atoms with Crippen LogP contribution < -0.4 is 30.2 Å². The second-order valence-electron chi connectivity index (χ2n) is 33.1. The molecule has 0 fully saturated rings. The number of ether oxygens (including phenoxy) is 2. The third kappa shape index (κ3) is 30.6. The molecule has 1 atom stereocenters. The summed E-state index contributed by atoms with van der Waals surface area (Å²) in [5.74, 6) is 0.403. The van der Waals surface area contributed by atoms with Crippen molar-refractivity contribution in [3.63, 3.8) is 0 Å². The number of rotatable bonds is 44. The number of nitro benzene ring substituents is 9. The number of benzene rings is 13. The molecule has 0 heterocycles. The first-order valence-corrected chi connectivity index (χ1v) is 55.5. The van der Waals surface area contributed by atoms with Gasteiger partial charge in [0.1, 0.15) is 0 Å². The molecule has 0 radical (unpaired) electrons. The molecule has 0 saturated heterocycles. The lowest BCUT2D eigenvalue weighted by atomic mass is 10.1. The van der Waals surface area contributed by atoms with E-state index >= 15 is 0 Å². The summed E-state index contributed by atoms with van der Waals surface area (Å²) in [4.78, 5) is 97.8. The predicted molar refractivity (Wildman–Crippen MR) is 551 cm³/mol. The Balaban J connectivity index is 0.000000201. The average molecular weight is 2050 g/mol. The van der Waals surface area contributed by atoms with Gasteiger partial charge in [0.05, 0.1) is 168 Å². The minimum atomic E-state index is -3.31. The van der Waals surface area contributed by atoms with Crippen molar-refractivity contribution >= 4 is 114 Å². The largest absolute Gasteiger partial charge is 0.493 e. The van der Waals surface area contributed by atoms with Crippen LogP contribution in [0.5, 0.6) is 11.5 Å².